The van der Waals surface area contributed by atoms with E-state index in [1.54, 1.807) is 0 Å². The second-order valence-corrected chi connectivity index (χ2v) is 7.39. The SMILES string of the molecule is Cc1cc(C)cc(-c2cccc3[nH]c(O)c(C=NNC(=O)c4ccc(O)cc4O)c23)c1. The van der Waals surface area contributed by atoms with Crippen LogP contribution in [0.2, 0.25) is 0 Å². The van der Waals surface area contributed by atoms with Crippen molar-refractivity contribution in [3.63, 3.8) is 0 Å². The lowest BCUT2D eigenvalue weighted by molar-refractivity contribution is 0.0952. The molecule has 156 valence electrons. The Bertz CT molecular complexity index is 1320. The van der Waals surface area contributed by atoms with Crippen molar-refractivity contribution < 1.29 is 20.1 Å². The van der Waals surface area contributed by atoms with Gasteiger partial charge in [0.2, 0.25) is 0 Å². The molecule has 0 atom stereocenters. The van der Waals surface area contributed by atoms with E-state index in [-0.39, 0.29) is 22.9 Å². The molecule has 7 nitrogen and oxygen atoms in total. The molecule has 5 N–H and O–H groups in total. The Morgan fingerprint density at radius 1 is 1.00 bits per heavy atom. The number of hydrogen-bond donors (Lipinski definition) is 5. The molecular weight excluding hydrogens is 394 g/mol. The Morgan fingerprint density at radius 2 is 1.74 bits per heavy atom. The van der Waals surface area contributed by atoms with Crippen LogP contribution in [-0.2, 0) is 0 Å². The summed E-state index contributed by atoms with van der Waals surface area (Å²) in [5.41, 5.74) is 7.65. The maximum Gasteiger partial charge on any atom is 0.275 e. The minimum Gasteiger partial charge on any atom is -0.508 e. The Morgan fingerprint density at radius 3 is 2.45 bits per heavy atom. The maximum atomic E-state index is 12.3. The second kappa shape index (κ2) is 7.87. The molecule has 0 saturated carbocycles. The maximum absolute atomic E-state index is 12.3. The summed E-state index contributed by atoms with van der Waals surface area (Å²) < 4.78 is 0. The van der Waals surface area contributed by atoms with Gasteiger partial charge < -0.3 is 20.3 Å². The normalized spacial score (nSPS) is 11.3. The number of carbonyl (C=O) groups is 1. The molecule has 7 heteroatoms. The van der Waals surface area contributed by atoms with Gasteiger partial charge in [0.15, 0.2) is 5.88 Å². The molecule has 1 amide bonds. The van der Waals surface area contributed by atoms with E-state index in [0.29, 0.717) is 5.56 Å². The summed E-state index contributed by atoms with van der Waals surface area (Å²) in [5.74, 6) is -1.24. The summed E-state index contributed by atoms with van der Waals surface area (Å²) in [6.07, 6.45) is 1.36. The summed E-state index contributed by atoms with van der Waals surface area (Å²) in [6.45, 7) is 4.06. The van der Waals surface area contributed by atoms with Crippen LogP contribution >= 0.6 is 0 Å². The third-order valence-electron chi connectivity index (χ3n) is 4.96. The first-order chi connectivity index (χ1) is 14.8. The fraction of sp³-hybridized carbons (Fsp3) is 0.0833. The first-order valence-corrected chi connectivity index (χ1v) is 9.61. The molecule has 0 unspecified atom stereocenters. The molecule has 0 spiro atoms. The van der Waals surface area contributed by atoms with Crippen molar-refractivity contribution in [2.75, 3.05) is 0 Å². The zero-order chi connectivity index (χ0) is 22.1. The average molecular weight is 415 g/mol. The number of phenols is 2. The number of nitrogens with zero attached hydrogens (tertiary/aromatic N) is 1. The first kappa shape index (κ1) is 20.0. The minimum atomic E-state index is -0.650. The van der Waals surface area contributed by atoms with Crippen molar-refractivity contribution in [2.24, 2.45) is 5.10 Å². The third-order valence-corrected chi connectivity index (χ3v) is 4.96. The molecule has 3 aromatic carbocycles. The number of nitrogens with one attached hydrogen (secondary N) is 2. The smallest absolute Gasteiger partial charge is 0.275 e. The molecule has 0 radical (unpaired) electrons. The van der Waals surface area contributed by atoms with Crippen LogP contribution in [0.3, 0.4) is 0 Å². The highest BCUT2D eigenvalue weighted by atomic mass is 16.3. The number of aryl methyl sites for hydroxylation is 2. The molecule has 1 aromatic heterocycles. The Kier molecular flexibility index (Phi) is 5.09. The number of phenolic OH excluding ortho intramolecular Hbond substituents is 2. The van der Waals surface area contributed by atoms with Crippen molar-refractivity contribution in [1.29, 1.82) is 0 Å². The van der Waals surface area contributed by atoms with Crippen LogP contribution in [0.5, 0.6) is 17.4 Å². The van der Waals surface area contributed by atoms with Crippen LogP contribution in [0.4, 0.5) is 0 Å². The average Bonchev–Trinajstić information content (AvgIpc) is 3.02. The molecule has 0 aliphatic heterocycles. The number of hydrogen-bond acceptors (Lipinski definition) is 5. The standard InChI is InChI=1S/C24H21N3O4/c1-13-8-14(2)10-15(9-13)17-4-3-5-20-22(17)19(23(30)26-20)12-25-27-24(31)18-7-6-16(28)11-21(18)29/h3-12,26,28-30H,1-2H3,(H,27,31). The largest absolute Gasteiger partial charge is 0.508 e. The number of amides is 1. The predicted octanol–water partition coefficient (Wildman–Crippen LogP) is 4.33. The summed E-state index contributed by atoms with van der Waals surface area (Å²) in [5, 5.41) is 34.3. The number of aromatic hydroxyl groups is 3. The number of fused-ring (bicyclic) bond motifs is 1. The zero-order valence-electron chi connectivity index (χ0n) is 17.0. The topological polar surface area (TPSA) is 118 Å². The molecule has 1 heterocycles. The number of aromatic amines is 1. The summed E-state index contributed by atoms with van der Waals surface area (Å²) in [7, 11) is 0. The van der Waals surface area contributed by atoms with Gasteiger partial charge in [-0.15, -0.1) is 0 Å². The number of rotatable bonds is 4. The highest BCUT2D eigenvalue weighted by Crippen LogP contribution is 2.35. The van der Waals surface area contributed by atoms with Gasteiger partial charge >= 0.3 is 0 Å². The van der Waals surface area contributed by atoms with Crippen molar-refractivity contribution in [1.82, 2.24) is 10.4 Å². The molecule has 4 rings (SSSR count). The van der Waals surface area contributed by atoms with Crippen LogP contribution in [0.25, 0.3) is 22.0 Å². The van der Waals surface area contributed by atoms with Crippen molar-refractivity contribution in [3.05, 3.63) is 76.9 Å². The van der Waals surface area contributed by atoms with Gasteiger partial charge in [0, 0.05) is 17.0 Å². The molecule has 31 heavy (non-hydrogen) atoms. The van der Waals surface area contributed by atoms with Gasteiger partial charge in [-0.25, -0.2) is 5.43 Å². The molecule has 0 fully saturated rings. The first-order valence-electron chi connectivity index (χ1n) is 9.61. The van der Waals surface area contributed by atoms with Gasteiger partial charge in [-0.1, -0.05) is 41.5 Å². The van der Waals surface area contributed by atoms with Gasteiger partial charge in [0.05, 0.1) is 17.3 Å². The summed E-state index contributed by atoms with van der Waals surface area (Å²) >= 11 is 0. The van der Waals surface area contributed by atoms with Crippen molar-refractivity contribution >= 4 is 23.0 Å². The Labute approximate surface area is 178 Å². The van der Waals surface area contributed by atoms with Crippen LogP contribution in [0.15, 0.2) is 59.7 Å². The van der Waals surface area contributed by atoms with E-state index in [4.69, 9.17) is 0 Å². The van der Waals surface area contributed by atoms with E-state index in [2.05, 4.69) is 33.7 Å². The fourth-order valence-corrected chi connectivity index (χ4v) is 3.68. The van der Waals surface area contributed by atoms with E-state index in [0.717, 1.165) is 39.2 Å². The van der Waals surface area contributed by atoms with E-state index in [9.17, 15) is 20.1 Å². The lowest BCUT2D eigenvalue weighted by Crippen LogP contribution is -2.17. The molecule has 0 aliphatic rings. The fourth-order valence-electron chi connectivity index (χ4n) is 3.68. The third kappa shape index (κ3) is 3.93. The Balaban J connectivity index is 1.71. The lowest BCUT2D eigenvalue weighted by Gasteiger charge is -2.08. The number of H-pyrrole nitrogens is 1. The summed E-state index contributed by atoms with van der Waals surface area (Å²) in [4.78, 5) is 15.2. The molecular formula is C24H21N3O4. The van der Waals surface area contributed by atoms with Crippen LogP contribution in [-0.4, -0.2) is 32.4 Å². The van der Waals surface area contributed by atoms with Gasteiger partial charge in [-0.05, 0) is 43.2 Å². The Hall–Kier alpha value is -4.26. The van der Waals surface area contributed by atoms with Gasteiger partial charge in [-0.3, -0.25) is 4.79 Å². The number of benzene rings is 3. The monoisotopic (exact) mass is 415 g/mol. The van der Waals surface area contributed by atoms with Crippen LogP contribution < -0.4 is 5.43 Å². The van der Waals surface area contributed by atoms with E-state index in [1.165, 1.54) is 18.3 Å². The second-order valence-electron chi connectivity index (χ2n) is 7.39. The highest BCUT2D eigenvalue weighted by molar-refractivity contribution is 6.09. The zero-order valence-corrected chi connectivity index (χ0v) is 17.0. The van der Waals surface area contributed by atoms with E-state index < -0.39 is 5.91 Å². The molecule has 0 bridgehead atoms. The quantitative estimate of drug-likeness (QED) is 0.252. The van der Waals surface area contributed by atoms with Crippen LogP contribution in [0.1, 0.15) is 27.0 Å². The number of carbonyl (C=O) groups excluding carboxylic acids is 1. The lowest BCUT2D eigenvalue weighted by atomic mass is 9.96. The van der Waals surface area contributed by atoms with E-state index >= 15 is 0 Å². The highest BCUT2D eigenvalue weighted by Gasteiger charge is 2.15. The molecule has 0 aliphatic carbocycles. The number of hydrazone groups is 1. The van der Waals surface area contributed by atoms with Crippen molar-refractivity contribution in [3.8, 4) is 28.5 Å². The van der Waals surface area contributed by atoms with Gasteiger partial charge in [0.1, 0.15) is 11.5 Å². The predicted molar refractivity (Wildman–Crippen MR) is 120 cm³/mol. The van der Waals surface area contributed by atoms with Gasteiger partial charge in [-0.2, -0.15) is 5.10 Å². The van der Waals surface area contributed by atoms with Crippen molar-refractivity contribution in [2.45, 2.75) is 13.8 Å². The number of aromatic nitrogens is 1. The molecule has 4 aromatic rings. The molecule has 0 saturated heterocycles. The minimum absolute atomic E-state index is 0.0333. The van der Waals surface area contributed by atoms with Gasteiger partial charge in [0.25, 0.3) is 5.91 Å². The van der Waals surface area contributed by atoms with E-state index in [1.807, 2.05) is 32.0 Å². The van der Waals surface area contributed by atoms with Crippen LogP contribution in [0, 0.1) is 13.8 Å². The summed E-state index contributed by atoms with van der Waals surface area (Å²) in [6, 6.07) is 15.6.